The van der Waals surface area contributed by atoms with Crippen LogP contribution in [0.4, 0.5) is 5.82 Å². The molecule has 4 atom stereocenters. The molecule has 2 N–H and O–H groups in total. The number of hydrogen-bond acceptors (Lipinski definition) is 8. The maximum atomic E-state index is 13.1. The average molecular weight is 437 g/mol. The standard InChI is InChI=1S/C20H32N5O4P/c1-5-28-30(26,29-6-2)12-27-20(15-7-8-15)9-16(13(3)14(20)4)25-11-24-17-18(21)22-10-23-19(17)25/h10-11,13-16H,5-9,12H2,1-4H3,(H2,21,22,23)/t13-,14+,16-,20+/m1/s1. The quantitative estimate of drug-likeness (QED) is 0.585. The summed E-state index contributed by atoms with van der Waals surface area (Å²) in [4.78, 5) is 12.9. The number of imidazole rings is 1. The van der Waals surface area contributed by atoms with Crippen LogP contribution in [0.3, 0.4) is 0 Å². The predicted molar refractivity (Wildman–Crippen MR) is 114 cm³/mol. The first-order valence-corrected chi connectivity index (χ1v) is 12.5. The lowest BCUT2D eigenvalue weighted by molar-refractivity contribution is -0.0768. The molecule has 0 spiro atoms. The molecule has 30 heavy (non-hydrogen) atoms. The van der Waals surface area contributed by atoms with Gasteiger partial charge in [-0.1, -0.05) is 13.8 Å². The Balaban J connectivity index is 1.63. The van der Waals surface area contributed by atoms with E-state index in [9.17, 15) is 4.57 Å². The van der Waals surface area contributed by atoms with Gasteiger partial charge in [0.25, 0.3) is 0 Å². The summed E-state index contributed by atoms with van der Waals surface area (Å²) in [7, 11) is -3.28. The van der Waals surface area contributed by atoms with Crippen molar-refractivity contribution in [3.8, 4) is 0 Å². The van der Waals surface area contributed by atoms with Gasteiger partial charge >= 0.3 is 7.60 Å². The molecule has 2 aromatic rings. The van der Waals surface area contributed by atoms with E-state index in [-0.39, 0.29) is 23.9 Å². The van der Waals surface area contributed by atoms with Crippen molar-refractivity contribution in [2.75, 3.05) is 25.3 Å². The van der Waals surface area contributed by atoms with E-state index in [0.29, 0.717) is 36.4 Å². The summed E-state index contributed by atoms with van der Waals surface area (Å²) in [6, 6.07) is 0.151. The third kappa shape index (κ3) is 3.66. The van der Waals surface area contributed by atoms with Gasteiger partial charge in [-0.15, -0.1) is 0 Å². The zero-order valence-corrected chi connectivity index (χ0v) is 19.0. The summed E-state index contributed by atoms with van der Waals surface area (Å²) in [5.41, 5.74) is 6.98. The molecule has 0 unspecified atom stereocenters. The second-order valence-corrected chi connectivity index (χ2v) is 10.4. The van der Waals surface area contributed by atoms with Crippen molar-refractivity contribution in [3.63, 3.8) is 0 Å². The first-order valence-electron chi connectivity index (χ1n) is 10.8. The number of hydrogen-bond donors (Lipinski definition) is 1. The third-order valence-corrected chi connectivity index (χ3v) is 8.60. The van der Waals surface area contributed by atoms with Crippen LogP contribution in [0, 0.1) is 17.8 Å². The Morgan fingerprint density at radius 1 is 1.20 bits per heavy atom. The van der Waals surface area contributed by atoms with Gasteiger partial charge in [0, 0.05) is 6.04 Å². The number of rotatable bonds is 9. The molecule has 2 fully saturated rings. The van der Waals surface area contributed by atoms with Crippen LogP contribution in [0.1, 0.15) is 53.0 Å². The fraction of sp³-hybridized carbons (Fsp3) is 0.750. The Morgan fingerprint density at radius 3 is 2.53 bits per heavy atom. The van der Waals surface area contributed by atoms with E-state index in [1.54, 1.807) is 6.33 Å². The second-order valence-electron chi connectivity index (χ2n) is 8.45. The molecular weight excluding hydrogens is 405 g/mol. The molecule has 4 rings (SSSR count). The second kappa shape index (κ2) is 8.19. The predicted octanol–water partition coefficient (Wildman–Crippen LogP) is 4.01. The number of fused-ring (bicyclic) bond motifs is 1. The minimum absolute atomic E-state index is 0.0191. The summed E-state index contributed by atoms with van der Waals surface area (Å²) < 4.78 is 32.6. The van der Waals surface area contributed by atoms with E-state index in [0.717, 1.165) is 24.9 Å². The molecule has 2 heterocycles. The monoisotopic (exact) mass is 437 g/mol. The van der Waals surface area contributed by atoms with Crippen molar-refractivity contribution in [1.29, 1.82) is 0 Å². The van der Waals surface area contributed by atoms with Gasteiger partial charge in [0.2, 0.25) is 0 Å². The van der Waals surface area contributed by atoms with E-state index in [2.05, 4.69) is 33.4 Å². The smallest absolute Gasteiger partial charge is 0.356 e. The van der Waals surface area contributed by atoms with Gasteiger partial charge in [0.05, 0.1) is 25.1 Å². The maximum absolute atomic E-state index is 13.1. The van der Waals surface area contributed by atoms with Gasteiger partial charge < -0.3 is 24.1 Å². The van der Waals surface area contributed by atoms with Gasteiger partial charge in [-0.3, -0.25) is 4.57 Å². The fourth-order valence-corrected chi connectivity index (χ4v) is 6.47. The molecule has 10 heteroatoms. The van der Waals surface area contributed by atoms with E-state index >= 15 is 0 Å². The number of nitrogens with zero attached hydrogens (tertiary/aromatic N) is 4. The molecule has 0 radical (unpaired) electrons. The van der Waals surface area contributed by atoms with Crippen LogP contribution in [-0.2, 0) is 18.3 Å². The zero-order valence-electron chi connectivity index (χ0n) is 18.2. The molecule has 2 saturated carbocycles. The van der Waals surface area contributed by atoms with Gasteiger partial charge in [-0.25, -0.2) is 15.0 Å². The highest BCUT2D eigenvalue weighted by Crippen LogP contribution is 2.61. The first-order chi connectivity index (χ1) is 14.3. The Hall–Kier alpha value is -1.54. The van der Waals surface area contributed by atoms with Gasteiger partial charge in [-0.05, 0) is 50.9 Å². The Bertz CT molecular complexity index is 938. The Morgan fingerprint density at radius 2 is 1.90 bits per heavy atom. The van der Waals surface area contributed by atoms with E-state index < -0.39 is 7.60 Å². The molecule has 0 saturated heterocycles. The van der Waals surface area contributed by atoms with Gasteiger partial charge in [0.1, 0.15) is 18.2 Å². The van der Waals surface area contributed by atoms with Crippen LogP contribution >= 0.6 is 7.60 Å². The minimum Gasteiger partial charge on any atom is -0.382 e. The van der Waals surface area contributed by atoms with E-state index in [1.165, 1.54) is 6.33 Å². The molecule has 0 aliphatic heterocycles. The Labute approximate surface area is 177 Å². The number of anilines is 1. The number of aromatic nitrogens is 4. The molecule has 0 amide bonds. The van der Waals surface area contributed by atoms with Crippen LogP contribution in [0.2, 0.25) is 0 Å². The lowest BCUT2D eigenvalue weighted by atomic mass is 9.84. The van der Waals surface area contributed by atoms with Crippen molar-refractivity contribution in [1.82, 2.24) is 19.5 Å². The lowest BCUT2D eigenvalue weighted by Crippen LogP contribution is -2.39. The molecule has 2 aliphatic carbocycles. The third-order valence-electron chi connectivity index (χ3n) is 6.85. The normalized spacial score (nSPS) is 29.7. The topological polar surface area (TPSA) is 114 Å². The van der Waals surface area contributed by atoms with Crippen LogP contribution in [0.25, 0.3) is 11.2 Å². The highest BCUT2D eigenvalue weighted by Gasteiger charge is 2.59. The molecular formula is C20H32N5O4P. The zero-order chi connectivity index (χ0) is 21.5. The van der Waals surface area contributed by atoms with Crippen molar-refractivity contribution >= 4 is 24.6 Å². The molecule has 9 nitrogen and oxygen atoms in total. The number of nitrogens with two attached hydrogens (primary N) is 1. The summed E-state index contributed by atoms with van der Waals surface area (Å²) in [6.07, 6.45) is 6.30. The maximum Gasteiger partial charge on any atom is 0.356 e. The van der Waals surface area contributed by atoms with Crippen LogP contribution in [0.15, 0.2) is 12.7 Å². The fourth-order valence-electron chi connectivity index (χ4n) is 5.06. The lowest BCUT2D eigenvalue weighted by Gasteiger charge is -2.36. The SMILES string of the molecule is CCOP(=O)(CO[C@@]1(C2CC2)C[C@@H](n2cnc3c(N)ncnc32)[C@H](C)[C@@H]1C)OCC. The molecule has 2 aliphatic rings. The van der Waals surface area contributed by atoms with Crippen molar-refractivity contribution in [2.24, 2.45) is 17.8 Å². The summed E-state index contributed by atoms with van der Waals surface area (Å²) in [5, 5.41) is 0. The van der Waals surface area contributed by atoms with Gasteiger partial charge in [0.15, 0.2) is 11.5 Å². The summed E-state index contributed by atoms with van der Waals surface area (Å²) in [6.45, 7) is 8.76. The first kappa shape index (κ1) is 21.7. The van der Waals surface area contributed by atoms with Crippen molar-refractivity contribution in [2.45, 2.75) is 58.6 Å². The van der Waals surface area contributed by atoms with E-state index in [1.807, 2.05) is 13.8 Å². The average Bonchev–Trinajstić information content (AvgIpc) is 3.43. The highest BCUT2D eigenvalue weighted by molar-refractivity contribution is 7.53. The number of nitrogen functional groups attached to an aromatic ring is 1. The van der Waals surface area contributed by atoms with Crippen molar-refractivity contribution in [3.05, 3.63) is 12.7 Å². The summed E-state index contributed by atoms with van der Waals surface area (Å²) >= 11 is 0. The number of ether oxygens (including phenoxy) is 1. The van der Waals surface area contributed by atoms with Crippen LogP contribution < -0.4 is 5.73 Å². The molecule has 0 bridgehead atoms. The van der Waals surface area contributed by atoms with Gasteiger partial charge in [-0.2, -0.15) is 0 Å². The molecule has 166 valence electrons. The highest BCUT2D eigenvalue weighted by atomic mass is 31.2. The minimum atomic E-state index is -3.28. The van der Waals surface area contributed by atoms with Crippen LogP contribution in [0.5, 0.6) is 0 Å². The Kier molecular flexibility index (Phi) is 5.92. The largest absolute Gasteiger partial charge is 0.382 e. The summed E-state index contributed by atoms with van der Waals surface area (Å²) in [5.74, 6) is 1.42. The van der Waals surface area contributed by atoms with Crippen molar-refractivity contribution < 1.29 is 18.3 Å². The van der Waals surface area contributed by atoms with E-state index in [4.69, 9.17) is 19.5 Å². The molecule has 2 aromatic heterocycles. The molecule has 0 aromatic carbocycles. The van der Waals surface area contributed by atoms with Crippen LogP contribution in [-0.4, -0.2) is 44.7 Å².